The molecule has 2 N–H and O–H groups in total. The summed E-state index contributed by atoms with van der Waals surface area (Å²) in [5.74, 6) is 0.973. The zero-order chi connectivity index (χ0) is 10.7. The fourth-order valence-electron chi connectivity index (χ4n) is 2.04. The molecule has 82 valence electrons. The van der Waals surface area contributed by atoms with Crippen LogP contribution in [0.2, 0.25) is 5.02 Å². The Balaban J connectivity index is 1.90. The summed E-state index contributed by atoms with van der Waals surface area (Å²) >= 11 is 5.85. The van der Waals surface area contributed by atoms with Crippen LogP contribution in [0.4, 0.5) is 0 Å². The summed E-state index contributed by atoms with van der Waals surface area (Å²) in [5, 5.41) is 13.1. The maximum atomic E-state index is 9.28. The molecule has 0 radical (unpaired) electrons. The zero-order valence-electron chi connectivity index (χ0n) is 8.67. The van der Waals surface area contributed by atoms with Crippen molar-refractivity contribution >= 4 is 11.6 Å². The van der Waals surface area contributed by atoms with E-state index in [2.05, 4.69) is 5.32 Å². The van der Waals surface area contributed by atoms with Crippen LogP contribution in [0, 0.1) is 5.92 Å². The highest BCUT2D eigenvalue weighted by Gasteiger charge is 2.14. The molecular formula is C12H16ClNO. The predicted octanol–water partition coefficient (Wildman–Crippen LogP) is 2.59. The Morgan fingerprint density at radius 1 is 1.47 bits per heavy atom. The van der Waals surface area contributed by atoms with Crippen LogP contribution in [0.5, 0.6) is 5.75 Å². The van der Waals surface area contributed by atoms with Crippen molar-refractivity contribution in [3.63, 3.8) is 0 Å². The van der Waals surface area contributed by atoms with Crippen LogP contribution in [0.1, 0.15) is 18.4 Å². The molecule has 0 amide bonds. The van der Waals surface area contributed by atoms with Crippen molar-refractivity contribution in [3.8, 4) is 5.75 Å². The first-order valence-electron chi connectivity index (χ1n) is 5.44. The third-order valence-corrected chi connectivity index (χ3v) is 3.32. The number of phenolic OH excluding ortho intramolecular Hbond substituents is 1. The number of halogens is 1. The maximum Gasteiger partial charge on any atom is 0.134 e. The Bertz CT molecular complexity index is 334. The lowest BCUT2D eigenvalue weighted by Crippen LogP contribution is -2.09. The number of hydrogen-bond donors (Lipinski definition) is 2. The minimum Gasteiger partial charge on any atom is -0.506 e. The molecule has 2 nitrogen and oxygen atoms in total. The monoisotopic (exact) mass is 225 g/mol. The van der Waals surface area contributed by atoms with Crippen LogP contribution in [0.15, 0.2) is 18.2 Å². The van der Waals surface area contributed by atoms with Crippen molar-refractivity contribution in [1.82, 2.24) is 5.32 Å². The number of rotatable bonds is 3. The van der Waals surface area contributed by atoms with E-state index in [1.165, 1.54) is 18.4 Å². The summed E-state index contributed by atoms with van der Waals surface area (Å²) in [5.41, 5.74) is 1.21. The second kappa shape index (κ2) is 4.86. The van der Waals surface area contributed by atoms with Crippen molar-refractivity contribution in [1.29, 1.82) is 0 Å². The van der Waals surface area contributed by atoms with E-state index in [1.807, 2.05) is 12.1 Å². The van der Waals surface area contributed by atoms with E-state index in [0.717, 1.165) is 25.4 Å². The Kier molecular flexibility index (Phi) is 3.49. The lowest BCUT2D eigenvalue weighted by molar-refractivity contribution is 0.475. The number of aryl methyl sites for hydroxylation is 1. The molecule has 3 heteroatoms. The highest BCUT2D eigenvalue weighted by Crippen LogP contribution is 2.25. The van der Waals surface area contributed by atoms with Crippen molar-refractivity contribution in [2.24, 2.45) is 5.92 Å². The molecule has 15 heavy (non-hydrogen) atoms. The number of benzene rings is 1. The van der Waals surface area contributed by atoms with Gasteiger partial charge in [0.2, 0.25) is 0 Å². The van der Waals surface area contributed by atoms with Crippen molar-refractivity contribution in [2.45, 2.75) is 19.3 Å². The van der Waals surface area contributed by atoms with Crippen molar-refractivity contribution in [3.05, 3.63) is 28.8 Å². The summed E-state index contributed by atoms with van der Waals surface area (Å²) in [6, 6.07) is 5.48. The van der Waals surface area contributed by atoms with Crippen LogP contribution in [-0.2, 0) is 6.42 Å². The molecule has 0 aromatic heterocycles. The van der Waals surface area contributed by atoms with E-state index >= 15 is 0 Å². The van der Waals surface area contributed by atoms with E-state index < -0.39 is 0 Å². The normalized spacial score (nSPS) is 20.7. The molecule has 0 spiro atoms. The molecule has 0 bridgehead atoms. The Morgan fingerprint density at radius 3 is 3.00 bits per heavy atom. The highest BCUT2D eigenvalue weighted by molar-refractivity contribution is 6.32. The van der Waals surface area contributed by atoms with Gasteiger partial charge in [-0.1, -0.05) is 17.7 Å². The molecule has 0 aliphatic carbocycles. The van der Waals surface area contributed by atoms with Crippen molar-refractivity contribution in [2.75, 3.05) is 13.1 Å². The minimum absolute atomic E-state index is 0.169. The summed E-state index contributed by atoms with van der Waals surface area (Å²) in [4.78, 5) is 0. The molecule has 2 rings (SSSR count). The standard InChI is InChI=1S/C12H16ClNO/c13-11-7-9(3-4-12(11)15)1-2-10-5-6-14-8-10/h3-4,7,10,14-15H,1-2,5-6,8H2. The van der Waals surface area contributed by atoms with Crippen LogP contribution < -0.4 is 5.32 Å². The number of aromatic hydroxyl groups is 1. The van der Waals surface area contributed by atoms with E-state index in [1.54, 1.807) is 6.07 Å². The largest absolute Gasteiger partial charge is 0.506 e. The lowest BCUT2D eigenvalue weighted by atomic mass is 9.99. The first kappa shape index (κ1) is 10.8. The van der Waals surface area contributed by atoms with E-state index in [4.69, 9.17) is 11.6 Å². The minimum atomic E-state index is 0.169. The summed E-state index contributed by atoms with van der Waals surface area (Å²) in [7, 11) is 0. The van der Waals surface area contributed by atoms with Gasteiger partial charge in [-0.05, 0) is 56.0 Å². The van der Waals surface area contributed by atoms with Gasteiger partial charge < -0.3 is 10.4 Å². The average molecular weight is 226 g/mol. The van der Waals surface area contributed by atoms with Gasteiger partial charge in [-0.2, -0.15) is 0 Å². The first-order valence-corrected chi connectivity index (χ1v) is 5.81. The van der Waals surface area contributed by atoms with Crippen LogP contribution in [0.25, 0.3) is 0 Å². The summed E-state index contributed by atoms with van der Waals surface area (Å²) in [6.07, 6.45) is 3.53. The number of phenols is 1. The van der Waals surface area contributed by atoms with Gasteiger partial charge in [0, 0.05) is 0 Å². The maximum absolute atomic E-state index is 9.28. The van der Waals surface area contributed by atoms with Crippen LogP contribution >= 0.6 is 11.6 Å². The van der Waals surface area contributed by atoms with E-state index in [-0.39, 0.29) is 5.75 Å². The van der Waals surface area contributed by atoms with Gasteiger partial charge in [-0.15, -0.1) is 0 Å². The van der Waals surface area contributed by atoms with Gasteiger partial charge in [-0.25, -0.2) is 0 Å². The molecular weight excluding hydrogens is 210 g/mol. The molecule has 1 fully saturated rings. The quantitative estimate of drug-likeness (QED) is 0.829. The molecule has 1 aromatic carbocycles. The molecule has 1 aliphatic heterocycles. The number of hydrogen-bond acceptors (Lipinski definition) is 2. The van der Waals surface area contributed by atoms with Gasteiger partial charge in [0.25, 0.3) is 0 Å². The van der Waals surface area contributed by atoms with Gasteiger partial charge in [0.05, 0.1) is 5.02 Å². The van der Waals surface area contributed by atoms with Crippen molar-refractivity contribution < 1.29 is 5.11 Å². The predicted molar refractivity (Wildman–Crippen MR) is 62.4 cm³/mol. The highest BCUT2D eigenvalue weighted by atomic mass is 35.5. The summed E-state index contributed by atoms with van der Waals surface area (Å²) < 4.78 is 0. The van der Waals surface area contributed by atoms with Gasteiger partial charge in [0.1, 0.15) is 5.75 Å². The van der Waals surface area contributed by atoms with Crippen LogP contribution in [-0.4, -0.2) is 18.2 Å². The third-order valence-electron chi connectivity index (χ3n) is 3.02. The van der Waals surface area contributed by atoms with Gasteiger partial charge in [-0.3, -0.25) is 0 Å². The molecule has 1 unspecified atom stereocenters. The van der Waals surface area contributed by atoms with Gasteiger partial charge in [0.15, 0.2) is 0 Å². The van der Waals surface area contributed by atoms with E-state index in [9.17, 15) is 5.11 Å². The zero-order valence-corrected chi connectivity index (χ0v) is 9.43. The van der Waals surface area contributed by atoms with E-state index in [0.29, 0.717) is 5.02 Å². The second-order valence-corrected chi connectivity index (χ2v) is 4.59. The molecule has 1 saturated heterocycles. The lowest BCUT2D eigenvalue weighted by Gasteiger charge is -2.08. The Morgan fingerprint density at radius 2 is 2.33 bits per heavy atom. The fraction of sp³-hybridized carbons (Fsp3) is 0.500. The second-order valence-electron chi connectivity index (χ2n) is 4.18. The molecule has 1 aromatic rings. The fourth-order valence-corrected chi connectivity index (χ4v) is 2.24. The molecule has 1 atom stereocenters. The molecule has 1 heterocycles. The topological polar surface area (TPSA) is 32.3 Å². The molecule has 1 aliphatic rings. The Hall–Kier alpha value is -0.730. The third kappa shape index (κ3) is 2.86. The first-order chi connectivity index (χ1) is 7.25. The van der Waals surface area contributed by atoms with Crippen LogP contribution in [0.3, 0.4) is 0 Å². The SMILES string of the molecule is Oc1ccc(CCC2CCNC2)cc1Cl. The summed E-state index contributed by atoms with van der Waals surface area (Å²) in [6.45, 7) is 2.30. The smallest absolute Gasteiger partial charge is 0.134 e. The average Bonchev–Trinajstić information content (AvgIpc) is 2.73. The molecule has 0 saturated carbocycles. The number of nitrogens with one attached hydrogen (secondary N) is 1. The Labute approximate surface area is 95.3 Å². The van der Waals surface area contributed by atoms with Gasteiger partial charge >= 0.3 is 0 Å².